The number of aldehydes is 1. The topological polar surface area (TPSA) is 77.0 Å². The van der Waals surface area contributed by atoms with Crippen molar-refractivity contribution >= 4 is 41.6 Å². The lowest BCUT2D eigenvalue weighted by Gasteiger charge is -2.24. The van der Waals surface area contributed by atoms with E-state index in [1.807, 2.05) is 86.8 Å². The largest absolute Gasteiger partial charge is 0.347 e. The van der Waals surface area contributed by atoms with E-state index in [0.717, 1.165) is 53.9 Å². The Morgan fingerprint density at radius 2 is 1.72 bits per heavy atom. The van der Waals surface area contributed by atoms with Gasteiger partial charge in [-0.1, -0.05) is 105 Å². The maximum atomic E-state index is 13.0. The molecule has 47 heavy (non-hydrogen) atoms. The molecule has 1 aliphatic carbocycles. The van der Waals surface area contributed by atoms with Crippen molar-refractivity contribution < 1.29 is 19.1 Å². The summed E-state index contributed by atoms with van der Waals surface area (Å²) in [6.45, 7) is 6.66. The van der Waals surface area contributed by atoms with Crippen LogP contribution in [0.4, 0.5) is 0 Å². The van der Waals surface area contributed by atoms with Gasteiger partial charge in [-0.15, -0.1) is 11.8 Å². The smallest absolute Gasteiger partial charge is 0.169 e. The maximum absolute atomic E-state index is 13.0. The highest BCUT2D eigenvalue weighted by molar-refractivity contribution is 7.98. The molecule has 1 spiro atoms. The van der Waals surface area contributed by atoms with Crippen molar-refractivity contribution in [2.75, 3.05) is 27.0 Å². The SMILES string of the molecule is CC.CCCC(=O)C(CC1CCC2(C1)OC[C@@H](c1ccccc1)O2)c1ccc(SC)c(Cl)c1.CN=CC(C=O)NC.c1ccccc1. The highest BCUT2D eigenvalue weighted by atomic mass is 35.5. The van der Waals surface area contributed by atoms with Crippen LogP contribution in [-0.4, -0.2) is 57.1 Å². The molecule has 1 aliphatic heterocycles. The third-order valence-electron chi connectivity index (χ3n) is 8.05. The first-order valence-corrected chi connectivity index (χ1v) is 18.3. The van der Waals surface area contributed by atoms with E-state index in [9.17, 15) is 9.59 Å². The number of nitrogens with zero attached hydrogens (tertiary/aromatic N) is 1. The molecule has 1 saturated carbocycles. The van der Waals surface area contributed by atoms with E-state index in [2.05, 4.69) is 35.4 Å². The highest BCUT2D eigenvalue weighted by Gasteiger charge is 2.48. The minimum absolute atomic E-state index is 0.00429. The van der Waals surface area contributed by atoms with Gasteiger partial charge >= 0.3 is 0 Å². The number of hydrogen-bond acceptors (Lipinski definition) is 7. The molecule has 6 nitrogen and oxygen atoms in total. The number of carbonyl (C=O) groups excluding carboxylic acids is 2. The summed E-state index contributed by atoms with van der Waals surface area (Å²) in [4.78, 5) is 27.7. The molecule has 5 rings (SSSR count). The Balaban J connectivity index is 0.000000396. The summed E-state index contributed by atoms with van der Waals surface area (Å²) in [6.07, 6.45) is 9.43. The second kappa shape index (κ2) is 22.7. The second-order valence-corrected chi connectivity index (χ2v) is 12.5. The van der Waals surface area contributed by atoms with E-state index in [1.54, 1.807) is 32.1 Å². The van der Waals surface area contributed by atoms with Crippen molar-refractivity contribution in [1.82, 2.24) is 5.32 Å². The fourth-order valence-electron chi connectivity index (χ4n) is 5.72. The fraction of sp³-hybridized carbons (Fsp3) is 0.462. The van der Waals surface area contributed by atoms with Gasteiger partial charge < -0.3 is 19.6 Å². The molecule has 0 bridgehead atoms. The molecule has 3 aromatic rings. The monoisotopic (exact) mass is 680 g/mol. The van der Waals surface area contributed by atoms with Crippen molar-refractivity contribution in [3.63, 3.8) is 0 Å². The number of ketones is 1. The molecule has 5 atom stereocenters. The summed E-state index contributed by atoms with van der Waals surface area (Å²) in [6, 6.07) is 28.2. The van der Waals surface area contributed by atoms with E-state index in [4.69, 9.17) is 21.1 Å². The number of Topliss-reactive ketones (excluding diaryl/α,β-unsaturated/α-hetero) is 1. The Morgan fingerprint density at radius 3 is 2.23 bits per heavy atom. The Labute approximate surface area is 292 Å². The van der Waals surface area contributed by atoms with E-state index in [-0.39, 0.29) is 18.1 Å². The Hall–Kier alpha value is -2.81. The van der Waals surface area contributed by atoms with Crippen molar-refractivity contribution in [1.29, 1.82) is 0 Å². The standard InChI is InChI=1S/C26H31ClO3S.C6H6.C5H10N2O.C2H6/c1-3-7-23(28)21(20-10-11-25(31-2)22(27)15-20)14-18-12-13-26(16-18)29-17-24(30-26)19-8-5-4-6-9-19;1-2-4-6-5-3-1;1-6-3-5(4-8)7-2;1-2/h4-6,8-11,15,18,21,24H,3,7,12-14,16-17H2,1-2H3;1-6H;3-5,7H,1-2H3;1-2H3/t18?,21?,24-,26?;;;/m0.../s1. The molecule has 1 saturated heterocycles. The normalized spacial score (nSPS) is 21.0. The minimum atomic E-state index is -0.496. The van der Waals surface area contributed by atoms with Gasteiger partial charge in [0, 0.05) is 43.3 Å². The summed E-state index contributed by atoms with van der Waals surface area (Å²) in [5.41, 5.74) is 2.21. The average molecular weight is 681 g/mol. The number of likely N-dealkylation sites (N-methyl/N-ethyl adjacent to an activating group) is 1. The van der Waals surface area contributed by atoms with Crippen molar-refractivity contribution in [2.45, 2.75) is 88.0 Å². The van der Waals surface area contributed by atoms with Crippen LogP contribution in [0.15, 0.2) is 94.8 Å². The number of aliphatic imine (C=N–C) groups is 1. The van der Waals surface area contributed by atoms with Gasteiger partial charge in [0.15, 0.2) is 5.79 Å². The molecule has 0 aromatic heterocycles. The van der Waals surface area contributed by atoms with Gasteiger partial charge in [-0.2, -0.15) is 0 Å². The lowest BCUT2D eigenvalue weighted by molar-refractivity contribution is -0.165. The molecular formula is C39H53ClN2O4S. The van der Waals surface area contributed by atoms with Crippen LogP contribution >= 0.6 is 23.4 Å². The van der Waals surface area contributed by atoms with Gasteiger partial charge in [0.2, 0.25) is 0 Å². The first-order chi connectivity index (χ1) is 22.9. The van der Waals surface area contributed by atoms with Crippen LogP contribution in [0.3, 0.4) is 0 Å². The van der Waals surface area contributed by atoms with Gasteiger partial charge in [0.1, 0.15) is 18.2 Å². The van der Waals surface area contributed by atoms with Crippen LogP contribution in [0.2, 0.25) is 5.02 Å². The van der Waals surface area contributed by atoms with E-state index < -0.39 is 5.79 Å². The summed E-state index contributed by atoms with van der Waals surface area (Å²) >= 11 is 8.10. The van der Waals surface area contributed by atoms with Crippen LogP contribution in [0.1, 0.15) is 82.4 Å². The fourth-order valence-corrected chi connectivity index (χ4v) is 6.60. The predicted molar refractivity (Wildman–Crippen MR) is 198 cm³/mol. The molecule has 256 valence electrons. The lowest BCUT2D eigenvalue weighted by atomic mass is 9.83. The molecule has 4 unspecified atom stereocenters. The molecule has 2 fully saturated rings. The summed E-state index contributed by atoms with van der Waals surface area (Å²) in [5, 5.41) is 3.47. The van der Waals surface area contributed by atoms with Crippen LogP contribution in [0, 0.1) is 5.92 Å². The maximum Gasteiger partial charge on any atom is 0.169 e. The Kier molecular flexibility index (Phi) is 19.5. The first-order valence-electron chi connectivity index (χ1n) is 16.7. The number of thioether (sulfide) groups is 1. The van der Waals surface area contributed by atoms with Crippen molar-refractivity contribution in [2.24, 2.45) is 10.9 Å². The molecule has 3 aromatic carbocycles. The van der Waals surface area contributed by atoms with Gasteiger partial charge in [0.25, 0.3) is 0 Å². The number of carbonyl (C=O) groups is 2. The molecule has 0 amide bonds. The molecule has 0 radical (unpaired) electrons. The van der Waals surface area contributed by atoms with Crippen molar-refractivity contribution in [3.05, 3.63) is 101 Å². The quantitative estimate of drug-likeness (QED) is 0.124. The van der Waals surface area contributed by atoms with E-state index in [0.29, 0.717) is 24.7 Å². The lowest BCUT2D eigenvalue weighted by Crippen LogP contribution is -2.27. The molecule has 2 aliphatic rings. The molecular weight excluding hydrogens is 628 g/mol. The zero-order valence-electron chi connectivity index (χ0n) is 28.9. The summed E-state index contributed by atoms with van der Waals surface area (Å²) < 4.78 is 12.7. The number of benzene rings is 3. The highest BCUT2D eigenvalue weighted by Crippen LogP contribution is 2.49. The van der Waals surface area contributed by atoms with Gasteiger partial charge in [-0.05, 0) is 61.7 Å². The molecule has 1 heterocycles. The third kappa shape index (κ3) is 13.3. The Bertz CT molecular complexity index is 1300. The second-order valence-electron chi connectivity index (χ2n) is 11.3. The van der Waals surface area contributed by atoms with E-state index >= 15 is 0 Å². The van der Waals surface area contributed by atoms with Crippen LogP contribution in [-0.2, 0) is 19.1 Å². The Morgan fingerprint density at radius 1 is 1.09 bits per heavy atom. The molecule has 8 heteroatoms. The van der Waals surface area contributed by atoms with Crippen molar-refractivity contribution in [3.8, 4) is 0 Å². The van der Waals surface area contributed by atoms with Crippen LogP contribution < -0.4 is 5.32 Å². The third-order valence-corrected chi connectivity index (χ3v) is 9.27. The summed E-state index contributed by atoms with van der Waals surface area (Å²) in [7, 11) is 3.34. The first kappa shape index (κ1) is 40.4. The van der Waals surface area contributed by atoms with E-state index in [1.165, 1.54) is 5.56 Å². The van der Waals surface area contributed by atoms with Gasteiger partial charge in [0.05, 0.1) is 17.7 Å². The average Bonchev–Trinajstić information content (AvgIpc) is 3.74. The minimum Gasteiger partial charge on any atom is -0.347 e. The predicted octanol–water partition coefficient (Wildman–Crippen LogP) is 9.38. The number of nitrogens with one attached hydrogen (secondary N) is 1. The number of ether oxygens (including phenoxy) is 2. The zero-order valence-corrected chi connectivity index (χ0v) is 30.4. The summed E-state index contributed by atoms with van der Waals surface area (Å²) in [5.74, 6) is 0.107. The zero-order chi connectivity index (χ0) is 34.5. The van der Waals surface area contributed by atoms with Gasteiger partial charge in [-0.3, -0.25) is 9.79 Å². The number of hydrogen-bond donors (Lipinski definition) is 1. The van der Waals surface area contributed by atoms with Crippen LogP contribution in [0.25, 0.3) is 0 Å². The van der Waals surface area contributed by atoms with Gasteiger partial charge in [-0.25, -0.2) is 0 Å². The number of halogens is 1. The van der Waals surface area contributed by atoms with Crippen LogP contribution in [0.5, 0.6) is 0 Å². The number of rotatable bonds is 11. The molecule has 1 N–H and O–H groups in total.